The molecule has 0 unspecified atom stereocenters. The molecule has 1 aromatic carbocycles. The van der Waals surface area contributed by atoms with Gasteiger partial charge in [0.15, 0.2) is 5.65 Å². The molecule has 3 nitrogen and oxygen atoms in total. The zero-order valence-corrected chi connectivity index (χ0v) is 14.5. The number of hydrogen-bond donors (Lipinski definition) is 1. The van der Waals surface area contributed by atoms with Gasteiger partial charge in [0.05, 0.1) is 23.1 Å². The number of halogens is 4. The number of para-hydroxylation sites is 1. The first kappa shape index (κ1) is 17.4. The van der Waals surface area contributed by atoms with E-state index in [-0.39, 0.29) is 11.4 Å². The molecule has 0 aliphatic rings. The highest BCUT2D eigenvalue weighted by Crippen LogP contribution is 2.26. The number of aromatic nitrogens is 2. The van der Waals surface area contributed by atoms with Crippen LogP contribution >= 0.6 is 15.9 Å². The quantitative estimate of drug-likeness (QED) is 0.639. The lowest BCUT2D eigenvalue weighted by molar-refractivity contribution is -0.128. The van der Waals surface area contributed by atoms with Crippen molar-refractivity contribution in [2.75, 3.05) is 11.9 Å². The number of benzene rings is 1. The van der Waals surface area contributed by atoms with Crippen molar-refractivity contribution < 1.29 is 13.2 Å². The Kier molecular flexibility index (Phi) is 5.00. The Hall–Kier alpha value is -2.46. The largest absolute Gasteiger partial charge is 0.394 e. The van der Waals surface area contributed by atoms with Gasteiger partial charge in [-0.05, 0) is 46.1 Å². The first-order valence-electron chi connectivity index (χ1n) is 7.44. The molecule has 128 valence electrons. The Morgan fingerprint density at radius 2 is 1.88 bits per heavy atom. The zero-order chi connectivity index (χ0) is 17.9. The summed E-state index contributed by atoms with van der Waals surface area (Å²) >= 11 is 3.31. The van der Waals surface area contributed by atoms with Crippen molar-refractivity contribution in [2.45, 2.75) is 12.6 Å². The van der Waals surface area contributed by atoms with Gasteiger partial charge in [-0.1, -0.05) is 24.1 Å². The van der Waals surface area contributed by atoms with E-state index < -0.39 is 12.6 Å². The third-order valence-electron chi connectivity index (χ3n) is 3.43. The predicted molar refractivity (Wildman–Crippen MR) is 94.5 cm³/mol. The Balaban J connectivity index is 1.89. The van der Waals surface area contributed by atoms with Crippen LogP contribution in [0.25, 0.3) is 5.65 Å². The average molecular weight is 408 g/mol. The highest BCUT2D eigenvalue weighted by molar-refractivity contribution is 9.10. The van der Waals surface area contributed by atoms with E-state index in [4.69, 9.17) is 0 Å². The van der Waals surface area contributed by atoms with E-state index in [1.54, 1.807) is 18.3 Å². The number of fused-ring (bicyclic) bond motifs is 1. The maximum atomic E-state index is 12.9. The number of anilines is 1. The molecule has 25 heavy (non-hydrogen) atoms. The number of imidazole rings is 1. The second-order valence-electron chi connectivity index (χ2n) is 5.27. The summed E-state index contributed by atoms with van der Waals surface area (Å²) in [4.78, 5) is 4.26. The molecule has 0 saturated carbocycles. The lowest BCUT2D eigenvalue weighted by atomic mass is 10.2. The highest BCUT2D eigenvalue weighted by Gasteiger charge is 2.31. The molecular weight excluding hydrogens is 395 g/mol. The van der Waals surface area contributed by atoms with E-state index >= 15 is 0 Å². The molecule has 0 atom stereocenters. The second kappa shape index (κ2) is 7.19. The fraction of sp³-hybridized carbons (Fsp3) is 0.167. The lowest BCUT2D eigenvalue weighted by Crippen LogP contribution is -2.14. The third-order valence-corrected chi connectivity index (χ3v) is 4.05. The van der Waals surface area contributed by atoms with Crippen LogP contribution in [0.5, 0.6) is 0 Å². The molecule has 0 spiro atoms. The van der Waals surface area contributed by atoms with Gasteiger partial charge in [-0.15, -0.1) is 0 Å². The van der Waals surface area contributed by atoms with E-state index in [1.807, 2.05) is 30.3 Å². The number of rotatable bonds is 3. The minimum atomic E-state index is -4.34. The van der Waals surface area contributed by atoms with Gasteiger partial charge >= 0.3 is 6.18 Å². The molecular formula is C18H13BrF3N3. The van der Waals surface area contributed by atoms with E-state index in [0.717, 1.165) is 5.69 Å². The molecule has 3 rings (SSSR count). The van der Waals surface area contributed by atoms with Crippen LogP contribution in [0.4, 0.5) is 18.9 Å². The standard InChI is InChI=1S/C18H13BrF3N3/c19-14-8-5-11-25-16(12-18(20,21)22)15(24-17(14)25)9-4-10-23-13-6-2-1-3-7-13/h1-3,5-8,11,23H,10,12H2. The molecule has 2 heterocycles. The Labute approximate surface area is 151 Å². The van der Waals surface area contributed by atoms with Gasteiger partial charge in [0.25, 0.3) is 0 Å². The number of hydrogen-bond acceptors (Lipinski definition) is 2. The van der Waals surface area contributed by atoms with Crippen LogP contribution in [-0.4, -0.2) is 22.1 Å². The molecule has 0 saturated heterocycles. The average Bonchev–Trinajstić information content (AvgIpc) is 2.90. The van der Waals surface area contributed by atoms with E-state index in [1.165, 1.54) is 4.40 Å². The molecule has 0 aliphatic carbocycles. The molecule has 0 fully saturated rings. The van der Waals surface area contributed by atoms with Crippen molar-refractivity contribution in [2.24, 2.45) is 0 Å². The highest BCUT2D eigenvalue weighted by atomic mass is 79.9. The van der Waals surface area contributed by atoms with Crippen molar-refractivity contribution in [1.29, 1.82) is 0 Å². The van der Waals surface area contributed by atoms with Crippen molar-refractivity contribution in [1.82, 2.24) is 9.38 Å². The predicted octanol–water partition coefficient (Wildman–Crippen LogP) is 4.67. The van der Waals surface area contributed by atoms with Crippen molar-refractivity contribution >= 4 is 27.3 Å². The summed E-state index contributed by atoms with van der Waals surface area (Å²) in [6, 6.07) is 12.8. The van der Waals surface area contributed by atoms with Gasteiger partial charge in [0.1, 0.15) is 5.69 Å². The van der Waals surface area contributed by atoms with Gasteiger partial charge < -0.3 is 9.72 Å². The monoisotopic (exact) mass is 407 g/mol. The number of pyridine rings is 1. The Bertz CT molecular complexity index is 937. The van der Waals surface area contributed by atoms with Crippen molar-refractivity contribution in [3.05, 3.63) is 64.5 Å². The van der Waals surface area contributed by atoms with E-state index in [0.29, 0.717) is 16.7 Å². The number of nitrogens with zero attached hydrogens (tertiary/aromatic N) is 2. The van der Waals surface area contributed by atoms with Crippen molar-refractivity contribution in [3.63, 3.8) is 0 Å². The Morgan fingerprint density at radius 1 is 1.12 bits per heavy atom. The second-order valence-corrected chi connectivity index (χ2v) is 6.12. The molecule has 0 radical (unpaired) electrons. The lowest BCUT2D eigenvalue weighted by Gasteiger charge is -2.06. The fourth-order valence-electron chi connectivity index (χ4n) is 2.37. The van der Waals surface area contributed by atoms with Gasteiger partial charge in [0.2, 0.25) is 0 Å². The van der Waals surface area contributed by atoms with Gasteiger partial charge in [-0.25, -0.2) is 4.98 Å². The SMILES string of the molecule is FC(F)(F)Cc1c(C#CCNc2ccccc2)nc2c(Br)cccn12. The third kappa shape index (κ3) is 4.34. The van der Waals surface area contributed by atoms with Gasteiger partial charge in [-0.2, -0.15) is 13.2 Å². The molecule has 3 aromatic rings. The van der Waals surface area contributed by atoms with Gasteiger partial charge in [0, 0.05) is 11.9 Å². The van der Waals surface area contributed by atoms with Crippen molar-refractivity contribution in [3.8, 4) is 11.8 Å². The summed E-state index contributed by atoms with van der Waals surface area (Å²) in [6.07, 6.45) is -3.86. The molecule has 1 N–H and O–H groups in total. The topological polar surface area (TPSA) is 29.3 Å². The van der Waals surface area contributed by atoms with Crippen LogP contribution in [0.3, 0.4) is 0 Å². The van der Waals surface area contributed by atoms with Crippen LogP contribution in [0.1, 0.15) is 11.4 Å². The Morgan fingerprint density at radius 3 is 2.60 bits per heavy atom. The summed E-state index contributed by atoms with van der Waals surface area (Å²) in [5.74, 6) is 5.59. The molecule has 0 amide bonds. The minimum Gasteiger partial charge on any atom is -0.374 e. The number of alkyl halides is 3. The van der Waals surface area contributed by atoms with Crippen LogP contribution in [0.15, 0.2) is 53.1 Å². The zero-order valence-electron chi connectivity index (χ0n) is 12.9. The van der Waals surface area contributed by atoms with Crippen LogP contribution in [0, 0.1) is 11.8 Å². The first-order valence-corrected chi connectivity index (χ1v) is 8.23. The van der Waals surface area contributed by atoms with E-state index in [2.05, 4.69) is 38.1 Å². The number of nitrogens with one attached hydrogen (secondary N) is 1. The van der Waals surface area contributed by atoms with Crippen LogP contribution < -0.4 is 5.32 Å². The summed E-state index contributed by atoms with van der Waals surface area (Å²) in [6.45, 7) is 0.310. The van der Waals surface area contributed by atoms with Crippen LogP contribution in [-0.2, 0) is 6.42 Å². The minimum absolute atomic E-state index is 0.0380. The molecule has 7 heteroatoms. The maximum absolute atomic E-state index is 12.9. The summed E-state index contributed by atoms with van der Waals surface area (Å²) in [7, 11) is 0. The first-order chi connectivity index (χ1) is 11.9. The van der Waals surface area contributed by atoms with Gasteiger partial charge in [-0.3, -0.25) is 0 Å². The summed E-state index contributed by atoms with van der Waals surface area (Å²) < 4.78 is 40.8. The molecule has 0 aliphatic heterocycles. The van der Waals surface area contributed by atoms with Crippen LogP contribution in [0.2, 0.25) is 0 Å². The normalized spacial score (nSPS) is 11.2. The van der Waals surface area contributed by atoms with E-state index in [9.17, 15) is 13.2 Å². The maximum Gasteiger partial charge on any atom is 0.394 e. The summed E-state index contributed by atoms with van der Waals surface area (Å²) in [5, 5.41) is 3.09. The molecule has 2 aromatic heterocycles. The fourth-order valence-corrected chi connectivity index (χ4v) is 2.80. The molecule has 0 bridgehead atoms. The smallest absolute Gasteiger partial charge is 0.374 e. The summed E-state index contributed by atoms with van der Waals surface area (Å²) in [5.41, 5.74) is 1.49.